The summed E-state index contributed by atoms with van der Waals surface area (Å²) in [7, 11) is 0. The summed E-state index contributed by atoms with van der Waals surface area (Å²) < 4.78 is 19.0. The van der Waals surface area contributed by atoms with E-state index in [4.69, 9.17) is 4.74 Å². The van der Waals surface area contributed by atoms with Gasteiger partial charge in [-0.15, -0.1) is 0 Å². The van der Waals surface area contributed by atoms with Gasteiger partial charge < -0.3 is 19.9 Å². The van der Waals surface area contributed by atoms with E-state index in [-0.39, 0.29) is 24.2 Å². The molecule has 2 aliphatic heterocycles. The topological polar surface area (TPSA) is 61.9 Å². The van der Waals surface area contributed by atoms with Crippen LogP contribution in [0, 0.1) is 5.82 Å². The van der Waals surface area contributed by atoms with Gasteiger partial charge in [0.05, 0.1) is 18.8 Å². The molecule has 0 spiro atoms. The Morgan fingerprint density at radius 1 is 1.03 bits per heavy atom. The summed E-state index contributed by atoms with van der Waals surface area (Å²) in [6, 6.07) is 13.5. The molecular weight excluding hydrogens is 385 g/mol. The maximum absolute atomic E-state index is 13.0. The average molecular weight is 411 g/mol. The lowest BCUT2D eigenvalue weighted by Crippen LogP contribution is -2.53. The summed E-state index contributed by atoms with van der Waals surface area (Å²) in [6.45, 7) is 2.29. The van der Waals surface area contributed by atoms with Gasteiger partial charge in [0.15, 0.2) is 6.10 Å². The Kier molecular flexibility index (Phi) is 6.16. The number of fused-ring (bicyclic) bond motifs is 1. The van der Waals surface area contributed by atoms with Crippen LogP contribution in [0.3, 0.4) is 0 Å². The molecule has 4 rings (SSSR count). The van der Waals surface area contributed by atoms with Gasteiger partial charge in [-0.25, -0.2) is 4.39 Å². The number of benzene rings is 2. The Morgan fingerprint density at radius 2 is 1.77 bits per heavy atom. The lowest BCUT2D eigenvalue weighted by Gasteiger charge is -2.38. The van der Waals surface area contributed by atoms with E-state index in [9.17, 15) is 14.0 Å². The molecule has 1 saturated heterocycles. The predicted molar refractivity (Wildman–Crippen MR) is 112 cm³/mol. The number of anilines is 1. The molecule has 0 saturated carbocycles. The molecule has 1 N–H and O–H groups in total. The summed E-state index contributed by atoms with van der Waals surface area (Å²) in [5.41, 5.74) is 1.63. The van der Waals surface area contributed by atoms with Crippen molar-refractivity contribution < 1.29 is 18.7 Å². The summed E-state index contributed by atoms with van der Waals surface area (Å²) >= 11 is 0. The summed E-state index contributed by atoms with van der Waals surface area (Å²) in [5.74, 6) is 0.131. The predicted octanol–water partition coefficient (Wildman–Crippen LogP) is 2.72. The van der Waals surface area contributed by atoms with Crippen LogP contribution < -0.4 is 15.0 Å². The minimum absolute atomic E-state index is 0.0130. The van der Waals surface area contributed by atoms with Gasteiger partial charge in [0.25, 0.3) is 5.91 Å². The number of nitrogens with zero attached hydrogens (tertiary/aromatic N) is 2. The van der Waals surface area contributed by atoms with E-state index in [0.29, 0.717) is 18.8 Å². The SMILES string of the molecule is O=C(CN1C[C@H](C(=O)N2CCCCC2)Oc2ccccc21)NCc1ccc(F)cc1. The van der Waals surface area contributed by atoms with Crippen LogP contribution in [-0.2, 0) is 16.1 Å². The van der Waals surface area contributed by atoms with E-state index in [1.807, 2.05) is 34.1 Å². The van der Waals surface area contributed by atoms with Crippen molar-refractivity contribution in [3.63, 3.8) is 0 Å². The van der Waals surface area contributed by atoms with Crippen molar-refractivity contribution >= 4 is 17.5 Å². The molecular formula is C23H26FN3O3. The minimum Gasteiger partial charge on any atom is -0.477 e. The van der Waals surface area contributed by atoms with Crippen LogP contribution in [0.1, 0.15) is 24.8 Å². The summed E-state index contributed by atoms with van der Waals surface area (Å²) in [6.07, 6.45) is 2.57. The molecule has 2 aromatic carbocycles. The van der Waals surface area contributed by atoms with E-state index in [2.05, 4.69) is 5.32 Å². The second-order valence-corrected chi connectivity index (χ2v) is 7.74. The Bertz CT molecular complexity index is 897. The highest BCUT2D eigenvalue weighted by atomic mass is 19.1. The standard InChI is InChI=1S/C23H26FN3O3/c24-18-10-8-17(9-11-18)14-25-22(28)16-27-15-21(23(29)26-12-4-1-5-13-26)30-20-7-3-2-6-19(20)27/h2-3,6-11,21H,1,4-5,12-16H2,(H,25,28)/t21-/m1/s1. The fraction of sp³-hybridized carbons (Fsp3) is 0.391. The molecule has 1 fully saturated rings. The molecule has 0 bridgehead atoms. The molecule has 158 valence electrons. The van der Waals surface area contributed by atoms with Crippen molar-refractivity contribution in [2.75, 3.05) is 31.1 Å². The van der Waals surface area contributed by atoms with Crippen LogP contribution in [0.5, 0.6) is 5.75 Å². The molecule has 0 aliphatic carbocycles. The lowest BCUT2D eigenvalue weighted by molar-refractivity contribution is -0.139. The third kappa shape index (κ3) is 4.72. The van der Waals surface area contributed by atoms with E-state index in [1.165, 1.54) is 12.1 Å². The number of likely N-dealkylation sites (tertiary alicyclic amines) is 1. The van der Waals surface area contributed by atoms with Crippen molar-refractivity contribution in [1.29, 1.82) is 0 Å². The number of ether oxygens (including phenoxy) is 1. The van der Waals surface area contributed by atoms with Crippen LogP contribution in [0.4, 0.5) is 10.1 Å². The van der Waals surface area contributed by atoms with Crippen LogP contribution in [-0.4, -0.2) is 49.0 Å². The molecule has 30 heavy (non-hydrogen) atoms. The van der Waals surface area contributed by atoms with Crippen LogP contribution >= 0.6 is 0 Å². The normalized spacial score (nSPS) is 18.4. The Labute approximate surface area is 175 Å². The van der Waals surface area contributed by atoms with E-state index in [1.54, 1.807) is 12.1 Å². The smallest absolute Gasteiger partial charge is 0.265 e. The monoisotopic (exact) mass is 411 g/mol. The van der Waals surface area contributed by atoms with Crippen LogP contribution in [0.15, 0.2) is 48.5 Å². The number of rotatable bonds is 5. The van der Waals surface area contributed by atoms with Crippen molar-refractivity contribution in [3.05, 3.63) is 59.9 Å². The number of hydrogen-bond donors (Lipinski definition) is 1. The number of piperidine rings is 1. The van der Waals surface area contributed by atoms with E-state index >= 15 is 0 Å². The quantitative estimate of drug-likeness (QED) is 0.822. The molecule has 2 heterocycles. The highest BCUT2D eigenvalue weighted by Crippen LogP contribution is 2.33. The van der Waals surface area contributed by atoms with Crippen LogP contribution in [0.25, 0.3) is 0 Å². The van der Waals surface area contributed by atoms with Gasteiger partial charge in [0.1, 0.15) is 11.6 Å². The first-order chi connectivity index (χ1) is 14.6. The zero-order chi connectivity index (χ0) is 20.9. The lowest BCUT2D eigenvalue weighted by atomic mass is 10.1. The number of carbonyl (C=O) groups is 2. The van der Waals surface area contributed by atoms with Crippen molar-refractivity contribution in [3.8, 4) is 5.75 Å². The maximum atomic E-state index is 13.0. The highest BCUT2D eigenvalue weighted by Gasteiger charge is 2.34. The second-order valence-electron chi connectivity index (χ2n) is 7.74. The molecule has 2 amide bonds. The number of hydrogen-bond acceptors (Lipinski definition) is 4. The fourth-order valence-corrected chi connectivity index (χ4v) is 3.94. The number of para-hydroxylation sites is 2. The zero-order valence-electron chi connectivity index (χ0n) is 16.9. The first-order valence-electron chi connectivity index (χ1n) is 10.4. The molecule has 0 radical (unpaired) electrons. The van der Waals surface area contributed by atoms with Crippen LogP contribution in [0.2, 0.25) is 0 Å². The average Bonchev–Trinajstić information content (AvgIpc) is 2.78. The van der Waals surface area contributed by atoms with Gasteiger partial charge in [-0.1, -0.05) is 24.3 Å². The molecule has 6 nitrogen and oxygen atoms in total. The van der Waals surface area contributed by atoms with Crippen molar-refractivity contribution in [2.24, 2.45) is 0 Å². The number of amides is 2. The number of carbonyl (C=O) groups excluding carboxylic acids is 2. The zero-order valence-corrected chi connectivity index (χ0v) is 16.9. The third-order valence-electron chi connectivity index (χ3n) is 5.54. The molecule has 0 unspecified atom stereocenters. The third-order valence-corrected chi connectivity index (χ3v) is 5.54. The molecule has 2 aliphatic rings. The van der Waals surface area contributed by atoms with Gasteiger partial charge >= 0.3 is 0 Å². The highest BCUT2D eigenvalue weighted by molar-refractivity contribution is 5.86. The molecule has 2 aromatic rings. The number of halogens is 1. The van der Waals surface area contributed by atoms with E-state index < -0.39 is 6.10 Å². The largest absolute Gasteiger partial charge is 0.477 e. The molecule has 1 atom stereocenters. The maximum Gasteiger partial charge on any atom is 0.265 e. The second kappa shape index (κ2) is 9.15. The van der Waals surface area contributed by atoms with Crippen molar-refractivity contribution in [2.45, 2.75) is 31.9 Å². The first kappa shape index (κ1) is 20.2. The molecule has 0 aromatic heterocycles. The Hall–Kier alpha value is -3.09. The van der Waals surface area contributed by atoms with Gasteiger partial charge in [-0.05, 0) is 49.1 Å². The fourth-order valence-electron chi connectivity index (χ4n) is 3.94. The van der Waals surface area contributed by atoms with Gasteiger partial charge in [0, 0.05) is 19.6 Å². The van der Waals surface area contributed by atoms with Gasteiger partial charge in [-0.2, -0.15) is 0 Å². The first-order valence-corrected chi connectivity index (χ1v) is 10.4. The number of nitrogens with one attached hydrogen (secondary N) is 1. The summed E-state index contributed by atoms with van der Waals surface area (Å²) in [4.78, 5) is 29.3. The Balaban J connectivity index is 1.42. The van der Waals surface area contributed by atoms with Gasteiger partial charge in [-0.3, -0.25) is 9.59 Å². The Morgan fingerprint density at radius 3 is 2.53 bits per heavy atom. The van der Waals surface area contributed by atoms with Crippen molar-refractivity contribution in [1.82, 2.24) is 10.2 Å². The molecule has 7 heteroatoms. The summed E-state index contributed by atoms with van der Waals surface area (Å²) in [5, 5.41) is 2.86. The van der Waals surface area contributed by atoms with Gasteiger partial charge in [0.2, 0.25) is 5.91 Å². The minimum atomic E-state index is -0.622. The van der Waals surface area contributed by atoms with E-state index in [0.717, 1.165) is 43.6 Å².